The van der Waals surface area contributed by atoms with Crippen molar-refractivity contribution in [1.29, 1.82) is 0 Å². The van der Waals surface area contributed by atoms with E-state index in [1.165, 1.54) is 6.33 Å². The number of nitrogens with zero attached hydrogens (tertiary/aromatic N) is 4. The lowest BCUT2D eigenvalue weighted by atomic mass is 10.4. The average molecular weight is 315 g/mol. The second-order valence-corrected chi connectivity index (χ2v) is 5.88. The van der Waals surface area contributed by atoms with Crippen LogP contribution >= 0.6 is 11.3 Å². The van der Waals surface area contributed by atoms with Crippen molar-refractivity contribution < 1.29 is 13.6 Å². The predicted molar refractivity (Wildman–Crippen MR) is 69.8 cm³/mol. The highest BCUT2D eigenvalue weighted by atomic mass is 32.1. The molecule has 2 aromatic heterocycles. The molecule has 1 unspecified atom stereocenters. The highest BCUT2D eigenvalue weighted by Gasteiger charge is 2.57. The quantitative estimate of drug-likeness (QED) is 0.891. The lowest BCUT2D eigenvalue weighted by molar-refractivity contribution is 0.0938. The van der Waals surface area contributed by atoms with E-state index in [2.05, 4.69) is 10.1 Å². The zero-order valence-corrected chi connectivity index (χ0v) is 11.7. The smallest absolute Gasteiger partial charge is 0.352 e. The van der Waals surface area contributed by atoms with E-state index in [1.807, 2.05) is 0 Å². The Labute approximate surface area is 121 Å². The Hall–Kier alpha value is -2.10. The maximum atomic E-state index is 12.9. The standard InChI is InChI=1S/C11H11F2N5O2S/c1-5-7(8(14)19)21-9(16-5)17-4-15-18(10(17)20)3-6-2-11(6,12)13/h4,6H,2-3H2,1H3,(H2,14,19). The maximum absolute atomic E-state index is 12.9. The summed E-state index contributed by atoms with van der Waals surface area (Å²) >= 11 is 0.958. The zero-order valence-electron chi connectivity index (χ0n) is 10.9. The number of thiazole rings is 1. The first-order chi connectivity index (χ1) is 9.79. The van der Waals surface area contributed by atoms with E-state index in [4.69, 9.17) is 5.73 Å². The molecule has 2 N–H and O–H groups in total. The van der Waals surface area contributed by atoms with Gasteiger partial charge in [0.2, 0.25) is 0 Å². The second-order valence-electron chi connectivity index (χ2n) is 4.90. The van der Waals surface area contributed by atoms with Gasteiger partial charge >= 0.3 is 5.69 Å². The largest absolute Gasteiger partial charge is 0.365 e. The van der Waals surface area contributed by atoms with Crippen molar-refractivity contribution in [2.24, 2.45) is 11.7 Å². The molecule has 1 amide bonds. The molecular weight excluding hydrogens is 304 g/mol. The molecule has 1 saturated carbocycles. The molecule has 7 nitrogen and oxygen atoms in total. The fraction of sp³-hybridized carbons (Fsp3) is 0.455. The summed E-state index contributed by atoms with van der Waals surface area (Å²) < 4.78 is 27.8. The highest BCUT2D eigenvalue weighted by Crippen LogP contribution is 2.49. The highest BCUT2D eigenvalue weighted by molar-refractivity contribution is 7.16. The van der Waals surface area contributed by atoms with Crippen LogP contribution in [0.4, 0.5) is 8.78 Å². The Balaban J connectivity index is 1.90. The third-order valence-corrected chi connectivity index (χ3v) is 4.47. The van der Waals surface area contributed by atoms with Gasteiger partial charge in [-0.25, -0.2) is 27.8 Å². The van der Waals surface area contributed by atoms with Gasteiger partial charge in [-0.1, -0.05) is 11.3 Å². The van der Waals surface area contributed by atoms with E-state index in [1.54, 1.807) is 6.92 Å². The van der Waals surface area contributed by atoms with Gasteiger partial charge in [0, 0.05) is 12.3 Å². The monoisotopic (exact) mass is 315 g/mol. The summed E-state index contributed by atoms with van der Waals surface area (Å²) in [6, 6.07) is 0. The topological polar surface area (TPSA) is 95.8 Å². The summed E-state index contributed by atoms with van der Waals surface area (Å²) in [5.41, 5.74) is 5.04. The molecule has 10 heteroatoms. The molecule has 0 spiro atoms. The van der Waals surface area contributed by atoms with Crippen molar-refractivity contribution in [2.45, 2.75) is 25.8 Å². The number of primary amides is 1. The Morgan fingerprint density at radius 1 is 1.62 bits per heavy atom. The number of alkyl halides is 2. The first-order valence-electron chi connectivity index (χ1n) is 6.09. The number of hydrogen-bond acceptors (Lipinski definition) is 5. The summed E-state index contributed by atoms with van der Waals surface area (Å²) in [5.74, 6) is -4.19. The normalized spacial score (nSPS) is 19.7. The number of rotatable bonds is 4. The molecular formula is C11H11F2N5O2S. The number of hydrogen-bond donors (Lipinski definition) is 1. The van der Waals surface area contributed by atoms with Crippen molar-refractivity contribution in [3.05, 3.63) is 27.4 Å². The van der Waals surface area contributed by atoms with Gasteiger partial charge in [-0.15, -0.1) is 0 Å². The molecule has 1 fully saturated rings. The summed E-state index contributed by atoms with van der Waals surface area (Å²) in [6.45, 7) is 1.46. The van der Waals surface area contributed by atoms with Crippen LogP contribution in [0.3, 0.4) is 0 Å². The van der Waals surface area contributed by atoms with Gasteiger partial charge in [0.05, 0.1) is 12.2 Å². The first kappa shape index (κ1) is 13.9. The fourth-order valence-corrected chi connectivity index (χ4v) is 2.87. The van der Waals surface area contributed by atoms with Crippen LogP contribution in [0.5, 0.6) is 0 Å². The fourth-order valence-electron chi connectivity index (χ4n) is 1.98. The Kier molecular flexibility index (Phi) is 2.94. The van der Waals surface area contributed by atoms with Crippen molar-refractivity contribution in [3.8, 4) is 5.13 Å². The molecule has 2 heterocycles. The minimum Gasteiger partial charge on any atom is -0.365 e. The second kappa shape index (κ2) is 4.45. The third kappa shape index (κ3) is 2.35. The number of carbonyl (C=O) groups excluding carboxylic acids is 1. The Morgan fingerprint density at radius 3 is 2.81 bits per heavy atom. The molecule has 1 aliphatic rings. The summed E-state index contributed by atoms with van der Waals surface area (Å²) in [4.78, 5) is 27.6. The molecule has 112 valence electrons. The van der Waals surface area contributed by atoms with Gasteiger partial charge in [0.15, 0.2) is 5.13 Å². The van der Waals surface area contributed by atoms with Gasteiger partial charge in [0.1, 0.15) is 11.2 Å². The molecule has 21 heavy (non-hydrogen) atoms. The molecule has 1 aliphatic carbocycles. The van der Waals surface area contributed by atoms with Gasteiger partial charge < -0.3 is 5.73 Å². The SMILES string of the molecule is Cc1nc(-n2cnn(CC3CC3(F)F)c2=O)sc1C(N)=O. The molecule has 0 bridgehead atoms. The minimum atomic E-state index is -2.71. The van der Waals surface area contributed by atoms with E-state index < -0.39 is 23.4 Å². The van der Waals surface area contributed by atoms with Gasteiger partial charge in [-0.2, -0.15) is 5.10 Å². The molecule has 0 radical (unpaired) electrons. The van der Waals surface area contributed by atoms with E-state index in [-0.39, 0.29) is 23.0 Å². The van der Waals surface area contributed by atoms with Gasteiger partial charge in [-0.05, 0) is 6.92 Å². The number of aryl methyl sites for hydroxylation is 1. The van der Waals surface area contributed by atoms with Crippen LogP contribution in [0.25, 0.3) is 5.13 Å². The lowest BCUT2D eigenvalue weighted by Gasteiger charge is -1.97. The van der Waals surface area contributed by atoms with Crippen LogP contribution in [-0.4, -0.2) is 31.2 Å². The van der Waals surface area contributed by atoms with Gasteiger partial charge in [-0.3, -0.25) is 4.79 Å². The van der Waals surface area contributed by atoms with Crippen LogP contribution in [-0.2, 0) is 6.54 Å². The number of carbonyl (C=O) groups is 1. The van der Waals surface area contributed by atoms with Crippen LogP contribution in [0, 0.1) is 12.8 Å². The lowest BCUT2D eigenvalue weighted by Crippen LogP contribution is -2.25. The predicted octanol–water partition coefficient (Wildman–Crippen LogP) is 0.553. The van der Waals surface area contributed by atoms with Gasteiger partial charge in [0.25, 0.3) is 11.8 Å². The minimum absolute atomic E-state index is 0.133. The maximum Gasteiger partial charge on any atom is 0.352 e. The van der Waals surface area contributed by atoms with Crippen molar-refractivity contribution >= 4 is 17.2 Å². The third-order valence-electron chi connectivity index (χ3n) is 3.30. The van der Waals surface area contributed by atoms with Crippen molar-refractivity contribution in [1.82, 2.24) is 19.3 Å². The zero-order chi connectivity index (χ0) is 15.4. The van der Waals surface area contributed by atoms with E-state index in [9.17, 15) is 18.4 Å². The molecule has 0 saturated heterocycles. The summed E-state index contributed by atoms with van der Waals surface area (Å²) in [7, 11) is 0. The summed E-state index contributed by atoms with van der Waals surface area (Å²) in [6.07, 6.45) is 0.973. The number of aromatic nitrogens is 4. The number of amides is 1. The molecule has 2 aromatic rings. The van der Waals surface area contributed by atoms with Crippen LogP contribution < -0.4 is 11.4 Å². The molecule has 1 atom stereocenters. The summed E-state index contributed by atoms with van der Waals surface area (Å²) in [5, 5.41) is 4.04. The molecule has 3 rings (SSSR count). The van der Waals surface area contributed by atoms with Crippen LogP contribution in [0.2, 0.25) is 0 Å². The molecule has 0 aliphatic heterocycles. The van der Waals surface area contributed by atoms with Crippen molar-refractivity contribution in [3.63, 3.8) is 0 Å². The van der Waals surface area contributed by atoms with E-state index in [0.29, 0.717) is 5.69 Å². The van der Waals surface area contributed by atoms with Crippen LogP contribution in [0.1, 0.15) is 21.8 Å². The van der Waals surface area contributed by atoms with E-state index >= 15 is 0 Å². The number of nitrogens with two attached hydrogens (primary N) is 1. The average Bonchev–Trinajstić information content (AvgIpc) is 2.74. The van der Waals surface area contributed by atoms with Crippen LogP contribution in [0.15, 0.2) is 11.1 Å². The van der Waals surface area contributed by atoms with Crippen molar-refractivity contribution in [2.75, 3.05) is 0 Å². The number of halogens is 2. The Bertz CT molecular complexity index is 778. The van der Waals surface area contributed by atoms with E-state index in [0.717, 1.165) is 20.6 Å². The Morgan fingerprint density at radius 2 is 2.29 bits per heavy atom. The first-order valence-corrected chi connectivity index (χ1v) is 6.91. The molecule has 0 aromatic carbocycles.